The molecule has 0 atom stereocenters. The second-order valence-electron chi connectivity index (χ2n) is 6.14. The van der Waals surface area contributed by atoms with Gasteiger partial charge >= 0.3 is 5.97 Å². The third-order valence-corrected chi connectivity index (χ3v) is 4.73. The average molecular weight is 236 g/mol. The van der Waals surface area contributed by atoms with E-state index in [-0.39, 0.29) is 5.57 Å². The third kappa shape index (κ3) is 3.11. The van der Waals surface area contributed by atoms with Gasteiger partial charge in [0.1, 0.15) is 0 Å². The van der Waals surface area contributed by atoms with E-state index in [2.05, 4.69) is 6.58 Å². The molecule has 0 amide bonds. The summed E-state index contributed by atoms with van der Waals surface area (Å²) in [6.07, 6.45) is 10.1. The molecule has 4 bridgehead atoms. The minimum Gasteiger partial charge on any atom is -0.478 e. The summed E-state index contributed by atoms with van der Waals surface area (Å²) in [4.78, 5) is 9.83. The predicted molar refractivity (Wildman–Crippen MR) is 68.7 cm³/mol. The molecule has 0 spiro atoms. The second kappa shape index (κ2) is 5.24. The van der Waals surface area contributed by atoms with Gasteiger partial charge < -0.3 is 5.11 Å². The van der Waals surface area contributed by atoms with Crippen LogP contribution in [-0.2, 0) is 4.79 Å². The maximum Gasteiger partial charge on any atom is 0.330 e. The zero-order chi connectivity index (χ0) is 12.4. The Morgan fingerprint density at radius 2 is 1.29 bits per heavy atom. The molecule has 4 aliphatic rings. The molecule has 4 aliphatic carbocycles. The van der Waals surface area contributed by atoms with Gasteiger partial charge in [0.25, 0.3) is 0 Å². The second-order valence-corrected chi connectivity index (χ2v) is 6.14. The summed E-state index contributed by atoms with van der Waals surface area (Å²) in [5.74, 6) is 3.81. The number of aliphatic carboxylic acids is 1. The first-order chi connectivity index (χ1) is 8.08. The van der Waals surface area contributed by atoms with E-state index in [1.807, 2.05) is 0 Å². The van der Waals surface area contributed by atoms with Crippen LogP contribution in [0.1, 0.15) is 51.9 Å². The van der Waals surface area contributed by atoms with Gasteiger partial charge in [0.2, 0.25) is 0 Å². The Bertz CT molecular complexity index is 250. The first-order valence-corrected chi connectivity index (χ1v) is 6.99. The number of hydrogen-bond donors (Lipinski definition) is 1. The van der Waals surface area contributed by atoms with Crippen molar-refractivity contribution < 1.29 is 9.90 Å². The van der Waals surface area contributed by atoms with E-state index in [1.54, 1.807) is 45.4 Å². The molecule has 0 aromatic heterocycles. The molecule has 2 heteroatoms. The Labute approximate surface area is 104 Å². The molecule has 0 aliphatic heterocycles. The molecule has 96 valence electrons. The molecule has 4 saturated carbocycles. The van der Waals surface area contributed by atoms with Crippen LogP contribution in [-0.4, -0.2) is 11.1 Å². The van der Waals surface area contributed by atoms with Crippen LogP contribution >= 0.6 is 0 Å². The van der Waals surface area contributed by atoms with Crippen LogP contribution in [0.5, 0.6) is 0 Å². The predicted octanol–water partition coefficient (Wildman–Crippen LogP) is 3.87. The molecule has 1 N–H and O–H groups in total. The first kappa shape index (κ1) is 12.7. The minimum atomic E-state index is -0.900. The van der Waals surface area contributed by atoms with Crippen LogP contribution in [0.3, 0.4) is 0 Å². The van der Waals surface area contributed by atoms with E-state index in [4.69, 9.17) is 5.11 Å². The Kier molecular flexibility index (Phi) is 3.90. The van der Waals surface area contributed by atoms with Crippen molar-refractivity contribution in [3.05, 3.63) is 12.2 Å². The summed E-state index contributed by atoms with van der Waals surface area (Å²) >= 11 is 0. The van der Waals surface area contributed by atoms with E-state index >= 15 is 0 Å². The number of hydrogen-bond acceptors (Lipinski definition) is 1. The monoisotopic (exact) mass is 236 g/mol. The van der Waals surface area contributed by atoms with Crippen LogP contribution < -0.4 is 0 Å². The molecular weight excluding hydrogens is 212 g/mol. The lowest BCUT2D eigenvalue weighted by molar-refractivity contribution is -0.132. The fourth-order valence-corrected chi connectivity index (χ4v) is 4.13. The Hall–Kier alpha value is -0.790. The molecule has 0 radical (unpaired) electrons. The lowest BCUT2D eigenvalue weighted by Gasteiger charge is -2.49. The van der Waals surface area contributed by atoms with Crippen molar-refractivity contribution in [2.45, 2.75) is 51.9 Å². The molecule has 4 fully saturated rings. The number of carboxylic acid groups (broad SMARTS) is 1. The van der Waals surface area contributed by atoms with Crippen molar-refractivity contribution in [3.63, 3.8) is 0 Å². The third-order valence-electron chi connectivity index (χ3n) is 4.73. The Balaban J connectivity index is 0.000000139. The molecule has 0 unspecified atom stereocenters. The Morgan fingerprint density at radius 1 is 1.00 bits per heavy atom. The van der Waals surface area contributed by atoms with Gasteiger partial charge in [-0.15, -0.1) is 0 Å². The highest BCUT2D eigenvalue weighted by atomic mass is 16.4. The number of carbonyl (C=O) groups is 1. The van der Waals surface area contributed by atoms with E-state index < -0.39 is 5.97 Å². The molecule has 2 nitrogen and oxygen atoms in total. The van der Waals surface area contributed by atoms with Crippen molar-refractivity contribution >= 4 is 5.97 Å². The lowest BCUT2D eigenvalue weighted by Crippen LogP contribution is -2.38. The van der Waals surface area contributed by atoms with Gasteiger partial charge in [0.05, 0.1) is 0 Å². The molecule has 0 aromatic rings. The molecule has 0 aromatic carbocycles. The minimum absolute atomic E-state index is 0.264. The van der Waals surface area contributed by atoms with Crippen LogP contribution in [0, 0.1) is 23.7 Å². The van der Waals surface area contributed by atoms with Crippen LogP contribution in [0.25, 0.3) is 0 Å². The summed E-state index contributed by atoms with van der Waals surface area (Å²) in [6.45, 7) is 5.03. The quantitative estimate of drug-likeness (QED) is 0.739. The fraction of sp³-hybridized carbons (Fsp3) is 0.800. The SMILES string of the molecule is C1C2CC3CC1CC(C2)C3.C=C(CC)C(=O)O. The summed E-state index contributed by atoms with van der Waals surface area (Å²) in [7, 11) is 0. The highest BCUT2D eigenvalue weighted by molar-refractivity contribution is 5.85. The van der Waals surface area contributed by atoms with Crippen molar-refractivity contribution in [1.82, 2.24) is 0 Å². The Morgan fingerprint density at radius 3 is 1.41 bits per heavy atom. The molecular formula is C15H24O2. The van der Waals surface area contributed by atoms with Gasteiger partial charge in [0, 0.05) is 5.57 Å². The molecule has 0 saturated heterocycles. The van der Waals surface area contributed by atoms with Crippen LogP contribution in [0.4, 0.5) is 0 Å². The maximum atomic E-state index is 9.83. The molecule has 17 heavy (non-hydrogen) atoms. The zero-order valence-electron chi connectivity index (χ0n) is 10.8. The van der Waals surface area contributed by atoms with Gasteiger partial charge in [-0.1, -0.05) is 13.5 Å². The van der Waals surface area contributed by atoms with Crippen molar-refractivity contribution in [1.29, 1.82) is 0 Å². The standard InChI is InChI=1S/C10H16.C5H8O2/c1-7-2-9-4-8(1)5-10(3-7)6-9;1-3-4(2)5(6)7/h7-10H,1-6H2;2-3H2,1H3,(H,6,7). The summed E-state index contributed by atoms with van der Waals surface area (Å²) in [6, 6.07) is 0. The van der Waals surface area contributed by atoms with E-state index in [0.29, 0.717) is 6.42 Å². The van der Waals surface area contributed by atoms with Crippen molar-refractivity contribution in [3.8, 4) is 0 Å². The van der Waals surface area contributed by atoms with E-state index in [0.717, 1.165) is 0 Å². The molecule has 0 heterocycles. The fourth-order valence-electron chi connectivity index (χ4n) is 4.13. The average Bonchev–Trinajstić information content (AvgIpc) is 2.26. The largest absolute Gasteiger partial charge is 0.478 e. The maximum absolute atomic E-state index is 9.83. The highest BCUT2D eigenvalue weighted by Gasteiger charge is 2.41. The van der Waals surface area contributed by atoms with Crippen molar-refractivity contribution in [2.24, 2.45) is 23.7 Å². The normalized spacial score (nSPS) is 37.2. The summed E-state index contributed by atoms with van der Waals surface area (Å²) in [5.41, 5.74) is 0.264. The van der Waals surface area contributed by atoms with E-state index in [9.17, 15) is 4.79 Å². The zero-order valence-corrected chi connectivity index (χ0v) is 10.8. The van der Waals surface area contributed by atoms with Gasteiger partial charge in [-0.3, -0.25) is 0 Å². The number of rotatable bonds is 2. The summed E-state index contributed by atoms with van der Waals surface area (Å²) in [5, 5.41) is 8.08. The van der Waals surface area contributed by atoms with Crippen LogP contribution in [0.15, 0.2) is 12.2 Å². The first-order valence-electron chi connectivity index (χ1n) is 6.99. The van der Waals surface area contributed by atoms with Gasteiger partial charge in [-0.2, -0.15) is 0 Å². The summed E-state index contributed by atoms with van der Waals surface area (Å²) < 4.78 is 0. The molecule has 4 rings (SSSR count). The van der Waals surface area contributed by atoms with Gasteiger partial charge in [-0.25, -0.2) is 4.79 Å². The van der Waals surface area contributed by atoms with Crippen LogP contribution in [0.2, 0.25) is 0 Å². The van der Waals surface area contributed by atoms with Crippen molar-refractivity contribution in [2.75, 3.05) is 0 Å². The van der Waals surface area contributed by atoms with Gasteiger partial charge in [-0.05, 0) is 68.6 Å². The topological polar surface area (TPSA) is 37.3 Å². The lowest BCUT2D eigenvalue weighted by atomic mass is 9.56. The smallest absolute Gasteiger partial charge is 0.330 e. The van der Waals surface area contributed by atoms with E-state index in [1.165, 1.54) is 23.7 Å². The number of carboxylic acids is 1. The van der Waals surface area contributed by atoms with Gasteiger partial charge in [0.15, 0.2) is 0 Å². The highest BCUT2D eigenvalue weighted by Crippen LogP contribution is 2.53.